The van der Waals surface area contributed by atoms with Gasteiger partial charge in [0, 0.05) is 0 Å². The van der Waals surface area contributed by atoms with Gasteiger partial charge in [0.05, 0.1) is 23.0 Å². The van der Waals surface area contributed by atoms with Gasteiger partial charge in [0.1, 0.15) is 0 Å². The molecule has 114 valence electrons. The fourth-order valence-corrected chi connectivity index (χ4v) is 3.31. The quantitative estimate of drug-likeness (QED) is 0.573. The van der Waals surface area contributed by atoms with Crippen LogP contribution in [-0.4, -0.2) is 13.2 Å². The lowest BCUT2D eigenvalue weighted by Gasteiger charge is -2.18. The fraction of sp³-hybridized carbons (Fsp3) is 0.333. The van der Waals surface area contributed by atoms with Gasteiger partial charge in [-0.15, -0.1) is 11.3 Å². The van der Waals surface area contributed by atoms with Crippen molar-refractivity contribution in [2.45, 2.75) is 19.9 Å². The van der Waals surface area contributed by atoms with Crippen LogP contribution in [0.3, 0.4) is 0 Å². The average molecular weight is 371 g/mol. The summed E-state index contributed by atoms with van der Waals surface area (Å²) in [4.78, 5) is 0. The third-order valence-corrected chi connectivity index (χ3v) is 4.51. The maximum absolute atomic E-state index is 5.73. The van der Waals surface area contributed by atoms with Gasteiger partial charge in [-0.25, -0.2) is 5.43 Å². The molecule has 0 saturated heterocycles. The standard InChI is InChI=1S/C15H19BrN2O2S/c1-3-19-12-6-5-10(7-13(12)20-4-2)15(18-17)11-8-14(16)21-9-11/h5-9,15,18H,3-4,17H2,1-2H3. The lowest BCUT2D eigenvalue weighted by Crippen LogP contribution is -2.28. The molecule has 1 aromatic carbocycles. The zero-order chi connectivity index (χ0) is 15.2. The van der Waals surface area contributed by atoms with Crippen molar-refractivity contribution in [3.05, 3.63) is 44.6 Å². The molecule has 0 aliphatic heterocycles. The van der Waals surface area contributed by atoms with Crippen molar-refractivity contribution in [2.75, 3.05) is 13.2 Å². The van der Waals surface area contributed by atoms with Crippen molar-refractivity contribution in [1.29, 1.82) is 0 Å². The molecule has 0 radical (unpaired) electrons. The first-order chi connectivity index (χ1) is 10.2. The molecule has 0 saturated carbocycles. The average Bonchev–Trinajstić information content (AvgIpc) is 2.89. The van der Waals surface area contributed by atoms with Gasteiger partial charge in [0.2, 0.25) is 0 Å². The molecule has 2 aromatic rings. The van der Waals surface area contributed by atoms with Crippen LogP contribution in [0.4, 0.5) is 0 Å². The van der Waals surface area contributed by atoms with E-state index >= 15 is 0 Å². The van der Waals surface area contributed by atoms with Crippen molar-refractivity contribution in [3.63, 3.8) is 0 Å². The minimum atomic E-state index is -0.0811. The molecule has 6 heteroatoms. The third-order valence-electron chi connectivity index (χ3n) is 2.99. The van der Waals surface area contributed by atoms with Crippen molar-refractivity contribution >= 4 is 27.3 Å². The van der Waals surface area contributed by atoms with Crippen molar-refractivity contribution in [3.8, 4) is 11.5 Å². The third kappa shape index (κ3) is 3.97. The summed E-state index contributed by atoms with van der Waals surface area (Å²) in [6.07, 6.45) is 0. The fourth-order valence-electron chi connectivity index (χ4n) is 2.11. The second-order valence-electron chi connectivity index (χ2n) is 4.36. The summed E-state index contributed by atoms with van der Waals surface area (Å²) in [5, 5.41) is 2.07. The number of benzene rings is 1. The van der Waals surface area contributed by atoms with Crippen LogP contribution >= 0.6 is 27.3 Å². The van der Waals surface area contributed by atoms with Crippen LogP contribution in [0.25, 0.3) is 0 Å². The highest BCUT2D eigenvalue weighted by molar-refractivity contribution is 9.11. The number of rotatable bonds is 7. The second-order valence-corrected chi connectivity index (χ2v) is 6.65. The maximum atomic E-state index is 5.73. The van der Waals surface area contributed by atoms with Crippen LogP contribution in [0.1, 0.15) is 31.0 Å². The Balaban J connectivity index is 2.35. The number of nitrogens with one attached hydrogen (secondary N) is 1. The number of thiophene rings is 1. The zero-order valence-electron chi connectivity index (χ0n) is 12.1. The topological polar surface area (TPSA) is 56.5 Å². The highest BCUT2D eigenvalue weighted by Gasteiger charge is 2.16. The number of halogens is 1. The Morgan fingerprint density at radius 3 is 2.43 bits per heavy atom. The lowest BCUT2D eigenvalue weighted by molar-refractivity contribution is 0.287. The van der Waals surface area contributed by atoms with E-state index in [0.717, 1.165) is 26.4 Å². The summed E-state index contributed by atoms with van der Waals surface area (Å²) in [5.41, 5.74) is 5.01. The molecule has 1 aromatic heterocycles. The molecule has 3 N–H and O–H groups in total. The van der Waals surface area contributed by atoms with Crippen LogP contribution in [0.5, 0.6) is 11.5 Å². The Labute approximate surface area is 137 Å². The van der Waals surface area contributed by atoms with E-state index in [-0.39, 0.29) is 6.04 Å². The van der Waals surface area contributed by atoms with E-state index < -0.39 is 0 Å². The molecule has 2 rings (SSSR count). The van der Waals surface area contributed by atoms with Gasteiger partial charge in [-0.3, -0.25) is 5.84 Å². The lowest BCUT2D eigenvalue weighted by atomic mass is 10.0. The number of hydrogen-bond acceptors (Lipinski definition) is 5. The predicted molar refractivity (Wildman–Crippen MR) is 90.0 cm³/mol. The van der Waals surface area contributed by atoms with Crippen LogP contribution in [0, 0.1) is 0 Å². The Morgan fingerprint density at radius 2 is 1.86 bits per heavy atom. The molecule has 0 spiro atoms. The molecule has 0 amide bonds. The second kappa shape index (κ2) is 7.79. The first kappa shape index (κ1) is 16.3. The van der Waals surface area contributed by atoms with Gasteiger partial charge in [0.25, 0.3) is 0 Å². The SMILES string of the molecule is CCOc1ccc(C(NN)c2csc(Br)c2)cc1OCC. The van der Waals surface area contributed by atoms with Crippen LogP contribution in [0.2, 0.25) is 0 Å². The molecular weight excluding hydrogens is 352 g/mol. The normalized spacial score (nSPS) is 12.2. The maximum Gasteiger partial charge on any atom is 0.161 e. The highest BCUT2D eigenvalue weighted by Crippen LogP contribution is 2.34. The van der Waals surface area contributed by atoms with Crippen molar-refractivity contribution in [2.24, 2.45) is 5.84 Å². The van der Waals surface area contributed by atoms with Crippen LogP contribution in [0.15, 0.2) is 33.4 Å². The Bertz CT molecular complexity index is 589. The first-order valence-corrected chi connectivity index (χ1v) is 8.46. The van der Waals surface area contributed by atoms with Gasteiger partial charge in [-0.05, 0) is 64.5 Å². The number of nitrogens with two attached hydrogens (primary N) is 1. The molecular formula is C15H19BrN2O2S. The minimum absolute atomic E-state index is 0.0811. The summed E-state index contributed by atoms with van der Waals surface area (Å²) >= 11 is 5.11. The first-order valence-electron chi connectivity index (χ1n) is 6.79. The molecule has 0 bridgehead atoms. The van der Waals surface area contributed by atoms with E-state index in [9.17, 15) is 0 Å². The van der Waals surface area contributed by atoms with E-state index in [1.807, 2.05) is 32.0 Å². The Hall–Kier alpha value is -1.08. The van der Waals surface area contributed by atoms with E-state index in [4.69, 9.17) is 15.3 Å². The molecule has 1 unspecified atom stereocenters. The predicted octanol–water partition coefficient (Wildman–Crippen LogP) is 3.86. The van der Waals surface area contributed by atoms with E-state index in [0.29, 0.717) is 13.2 Å². The molecule has 21 heavy (non-hydrogen) atoms. The summed E-state index contributed by atoms with van der Waals surface area (Å²) in [6.45, 7) is 5.11. The van der Waals surface area contributed by atoms with Crippen molar-refractivity contribution < 1.29 is 9.47 Å². The summed E-state index contributed by atoms with van der Waals surface area (Å²) in [6, 6.07) is 7.89. The molecule has 0 fully saturated rings. The minimum Gasteiger partial charge on any atom is -0.490 e. The number of ether oxygens (including phenoxy) is 2. The van der Waals surface area contributed by atoms with E-state index in [2.05, 4.69) is 32.8 Å². The van der Waals surface area contributed by atoms with Gasteiger partial charge in [0.15, 0.2) is 11.5 Å². The largest absolute Gasteiger partial charge is 0.490 e. The number of hydrazine groups is 1. The molecule has 4 nitrogen and oxygen atoms in total. The molecule has 0 aliphatic rings. The zero-order valence-corrected chi connectivity index (χ0v) is 14.5. The monoisotopic (exact) mass is 370 g/mol. The van der Waals surface area contributed by atoms with E-state index in [1.54, 1.807) is 11.3 Å². The van der Waals surface area contributed by atoms with Crippen molar-refractivity contribution in [1.82, 2.24) is 5.43 Å². The van der Waals surface area contributed by atoms with Gasteiger partial charge in [-0.1, -0.05) is 6.07 Å². The Kier molecular flexibility index (Phi) is 6.05. The van der Waals surface area contributed by atoms with E-state index in [1.165, 1.54) is 0 Å². The van der Waals surface area contributed by atoms with Gasteiger partial charge < -0.3 is 9.47 Å². The van der Waals surface area contributed by atoms with Crippen LogP contribution < -0.4 is 20.7 Å². The molecule has 1 heterocycles. The van der Waals surface area contributed by atoms with Crippen LogP contribution in [-0.2, 0) is 0 Å². The van der Waals surface area contributed by atoms with Gasteiger partial charge >= 0.3 is 0 Å². The highest BCUT2D eigenvalue weighted by atomic mass is 79.9. The summed E-state index contributed by atoms with van der Waals surface area (Å²) < 4.78 is 12.3. The number of hydrogen-bond donors (Lipinski definition) is 2. The van der Waals surface area contributed by atoms with Gasteiger partial charge in [-0.2, -0.15) is 0 Å². The smallest absolute Gasteiger partial charge is 0.161 e. The summed E-state index contributed by atoms with van der Waals surface area (Å²) in [5.74, 6) is 7.23. The summed E-state index contributed by atoms with van der Waals surface area (Å²) in [7, 11) is 0. The Morgan fingerprint density at radius 1 is 1.14 bits per heavy atom. The molecule has 1 atom stereocenters. The molecule has 0 aliphatic carbocycles.